The van der Waals surface area contributed by atoms with Gasteiger partial charge in [0.1, 0.15) is 11.3 Å². The summed E-state index contributed by atoms with van der Waals surface area (Å²) in [5, 5.41) is 9.79. The van der Waals surface area contributed by atoms with Gasteiger partial charge in [-0.3, -0.25) is 4.79 Å². The maximum atomic E-state index is 10.5. The number of hydrogen-bond donors (Lipinski definition) is 1. The lowest BCUT2D eigenvalue weighted by Gasteiger charge is -2.02. The van der Waals surface area contributed by atoms with E-state index in [1.165, 1.54) is 5.56 Å². The molecular weight excluding hydrogens is 216 g/mol. The zero-order valence-electron chi connectivity index (χ0n) is 10.1. The number of aryl methyl sites for hydroxylation is 3. The van der Waals surface area contributed by atoms with Crippen LogP contribution >= 0.6 is 0 Å². The van der Waals surface area contributed by atoms with Crippen molar-refractivity contribution in [3.05, 3.63) is 35.1 Å². The average molecular weight is 232 g/mol. The van der Waals surface area contributed by atoms with Crippen LogP contribution in [-0.2, 0) is 11.2 Å². The van der Waals surface area contributed by atoms with Crippen molar-refractivity contribution in [2.45, 2.75) is 33.1 Å². The molecule has 1 N–H and O–H groups in total. The summed E-state index contributed by atoms with van der Waals surface area (Å²) in [5.41, 5.74) is 3.23. The van der Waals surface area contributed by atoms with Gasteiger partial charge >= 0.3 is 5.97 Å². The third-order valence-corrected chi connectivity index (χ3v) is 3.12. The van der Waals surface area contributed by atoms with Crippen LogP contribution in [0, 0.1) is 13.8 Å². The summed E-state index contributed by atoms with van der Waals surface area (Å²) >= 11 is 0. The molecule has 0 aliphatic rings. The molecule has 0 aliphatic carbocycles. The summed E-state index contributed by atoms with van der Waals surface area (Å²) in [6.45, 7) is 4.00. The maximum absolute atomic E-state index is 10.5. The van der Waals surface area contributed by atoms with Crippen molar-refractivity contribution in [1.29, 1.82) is 0 Å². The van der Waals surface area contributed by atoms with E-state index in [2.05, 4.69) is 0 Å². The first-order valence-corrected chi connectivity index (χ1v) is 5.79. The first-order chi connectivity index (χ1) is 8.09. The Labute approximate surface area is 100 Å². The second-order valence-electron chi connectivity index (χ2n) is 4.32. The molecular formula is C14H16O3. The van der Waals surface area contributed by atoms with Gasteiger partial charge in [-0.2, -0.15) is 0 Å². The molecule has 0 saturated carbocycles. The minimum Gasteiger partial charge on any atom is -0.481 e. The van der Waals surface area contributed by atoms with Crippen LogP contribution in [0.5, 0.6) is 0 Å². The Hall–Kier alpha value is -1.77. The summed E-state index contributed by atoms with van der Waals surface area (Å²) in [6.07, 6.45) is 1.66. The van der Waals surface area contributed by atoms with Crippen LogP contribution in [0.15, 0.2) is 22.6 Å². The van der Waals surface area contributed by atoms with E-state index in [1.54, 1.807) is 0 Å². The Morgan fingerprint density at radius 1 is 1.35 bits per heavy atom. The quantitative estimate of drug-likeness (QED) is 0.878. The fraction of sp³-hybridized carbons (Fsp3) is 0.357. The van der Waals surface area contributed by atoms with E-state index in [9.17, 15) is 4.79 Å². The van der Waals surface area contributed by atoms with E-state index in [0.29, 0.717) is 6.42 Å². The van der Waals surface area contributed by atoms with Gasteiger partial charge in [0.05, 0.1) is 0 Å². The molecule has 17 heavy (non-hydrogen) atoms. The number of rotatable bonds is 4. The molecule has 90 valence electrons. The predicted molar refractivity (Wildman–Crippen MR) is 66.3 cm³/mol. The highest BCUT2D eigenvalue weighted by molar-refractivity contribution is 5.85. The first kappa shape index (κ1) is 11.7. The topological polar surface area (TPSA) is 50.4 Å². The molecule has 0 aliphatic heterocycles. The van der Waals surface area contributed by atoms with Crippen molar-refractivity contribution in [2.75, 3.05) is 0 Å². The van der Waals surface area contributed by atoms with Gasteiger partial charge in [0.25, 0.3) is 0 Å². The minimum atomic E-state index is -0.739. The van der Waals surface area contributed by atoms with Crippen LogP contribution in [0.3, 0.4) is 0 Å². The number of hydrogen-bond acceptors (Lipinski definition) is 2. The summed E-state index contributed by atoms with van der Waals surface area (Å²) in [4.78, 5) is 10.5. The molecule has 1 aromatic heterocycles. The Kier molecular flexibility index (Phi) is 3.18. The van der Waals surface area contributed by atoms with Gasteiger partial charge in [0, 0.05) is 11.8 Å². The van der Waals surface area contributed by atoms with Gasteiger partial charge in [-0.25, -0.2) is 0 Å². The second-order valence-corrected chi connectivity index (χ2v) is 4.32. The Morgan fingerprint density at radius 2 is 2.12 bits per heavy atom. The number of carboxylic acids is 1. The van der Waals surface area contributed by atoms with E-state index in [-0.39, 0.29) is 6.42 Å². The molecule has 0 atom stereocenters. The number of fused-ring (bicyclic) bond motifs is 1. The molecule has 0 spiro atoms. The van der Waals surface area contributed by atoms with Crippen LogP contribution in [0.2, 0.25) is 0 Å². The van der Waals surface area contributed by atoms with Gasteiger partial charge in [0.2, 0.25) is 0 Å². The van der Waals surface area contributed by atoms with E-state index in [1.807, 2.05) is 32.0 Å². The van der Waals surface area contributed by atoms with E-state index < -0.39 is 5.97 Å². The monoisotopic (exact) mass is 232 g/mol. The van der Waals surface area contributed by atoms with Gasteiger partial charge in [-0.15, -0.1) is 0 Å². The van der Waals surface area contributed by atoms with Crippen LogP contribution in [-0.4, -0.2) is 11.1 Å². The second kappa shape index (κ2) is 4.62. The number of benzene rings is 1. The fourth-order valence-electron chi connectivity index (χ4n) is 2.14. The molecule has 0 radical (unpaired) electrons. The van der Waals surface area contributed by atoms with Gasteiger partial charge in [0.15, 0.2) is 0 Å². The largest absolute Gasteiger partial charge is 0.481 e. The average Bonchev–Trinajstić information content (AvgIpc) is 2.55. The SMILES string of the molecule is Cc1oc2cccc(CCCC(=O)O)c2c1C. The third kappa shape index (κ3) is 2.33. The van der Waals surface area contributed by atoms with Crippen molar-refractivity contribution >= 4 is 16.9 Å². The lowest BCUT2D eigenvalue weighted by Crippen LogP contribution is -1.96. The number of carbonyl (C=O) groups is 1. The van der Waals surface area contributed by atoms with Crippen molar-refractivity contribution in [1.82, 2.24) is 0 Å². The zero-order chi connectivity index (χ0) is 12.4. The van der Waals surface area contributed by atoms with Gasteiger partial charge in [-0.05, 0) is 43.9 Å². The van der Waals surface area contributed by atoms with E-state index >= 15 is 0 Å². The molecule has 0 bridgehead atoms. The van der Waals surface area contributed by atoms with Crippen LogP contribution < -0.4 is 0 Å². The summed E-state index contributed by atoms with van der Waals surface area (Å²) in [6, 6.07) is 5.96. The Balaban J connectivity index is 2.30. The van der Waals surface area contributed by atoms with E-state index in [0.717, 1.165) is 28.7 Å². The maximum Gasteiger partial charge on any atom is 0.303 e. The zero-order valence-corrected chi connectivity index (χ0v) is 10.1. The molecule has 3 nitrogen and oxygen atoms in total. The highest BCUT2D eigenvalue weighted by Crippen LogP contribution is 2.28. The van der Waals surface area contributed by atoms with Crippen molar-refractivity contribution in [3.63, 3.8) is 0 Å². The summed E-state index contributed by atoms with van der Waals surface area (Å²) < 4.78 is 5.65. The molecule has 1 aromatic carbocycles. The third-order valence-electron chi connectivity index (χ3n) is 3.12. The predicted octanol–water partition coefficient (Wildman–Crippen LogP) is 3.46. The molecule has 0 fully saturated rings. The molecule has 3 heteroatoms. The van der Waals surface area contributed by atoms with Crippen molar-refractivity contribution in [2.24, 2.45) is 0 Å². The Bertz CT molecular complexity index is 552. The van der Waals surface area contributed by atoms with Crippen molar-refractivity contribution in [3.8, 4) is 0 Å². The fourth-order valence-corrected chi connectivity index (χ4v) is 2.14. The first-order valence-electron chi connectivity index (χ1n) is 5.79. The minimum absolute atomic E-state index is 0.215. The molecule has 2 rings (SSSR count). The van der Waals surface area contributed by atoms with Crippen LogP contribution in [0.1, 0.15) is 29.7 Å². The smallest absolute Gasteiger partial charge is 0.303 e. The lowest BCUT2D eigenvalue weighted by molar-refractivity contribution is -0.137. The highest BCUT2D eigenvalue weighted by Gasteiger charge is 2.10. The van der Waals surface area contributed by atoms with Crippen molar-refractivity contribution < 1.29 is 14.3 Å². The number of carboxylic acid groups (broad SMARTS) is 1. The van der Waals surface area contributed by atoms with Crippen LogP contribution in [0.4, 0.5) is 0 Å². The Morgan fingerprint density at radius 3 is 2.82 bits per heavy atom. The summed E-state index contributed by atoms with van der Waals surface area (Å²) in [5.74, 6) is 0.197. The molecule has 0 amide bonds. The highest BCUT2D eigenvalue weighted by atomic mass is 16.4. The van der Waals surface area contributed by atoms with Gasteiger partial charge in [-0.1, -0.05) is 12.1 Å². The van der Waals surface area contributed by atoms with E-state index in [4.69, 9.17) is 9.52 Å². The summed E-state index contributed by atoms with van der Waals surface area (Å²) in [7, 11) is 0. The molecule has 1 heterocycles. The number of aliphatic carboxylic acids is 1. The number of furan rings is 1. The molecule has 0 unspecified atom stereocenters. The molecule has 2 aromatic rings. The standard InChI is InChI=1S/C14H16O3/c1-9-10(2)17-12-7-3-5-11(14(9)12)6-4-8-13(15)16/h3,5,7H,4,6,8H2,1-2H3,(H,15,16). The normalized spacial score (nSPS) is 10.9. The van der Waals surface area contributed by atoms with Gasteiger partial charge < -0.3 is 9.52 Å². The lowest BCUT2D eigenvalue weighted by atomic mass is 10.0. The van der Waals surface area contributed by atoms with Crippen LogP contribution in [0.25, 0.3) is 11.0 Å². The molecule has 0 saturated heterocycles.